The van der Waals surface area contributed by atoms with Crippen molar-refractivity contribution in [1.82, 2.24) is 19.4 Å². The lowest BCUT2D eigenvalue weighted by Gasteiger charge is -2.30. The van der Waals surface area contributed by atoms with Crippen molar-refractivity contribution in [1.29, 1.82) is 0 Å². The number of pyridine rings is 1. The number of benzene rings is 1. The highest BCUT2D eigenvalue weighted by atomic mass is 16.5. The number of carbonyl (C=O) groups excluding carboxylic acids is 1. The van der Waals surface area contributed by atoms with Gasteiger partial charge in [0.15, 0.2) is 11.5 Å². The summed E-state index contributed by atoms with van der Waals surface area (Å²) in [4.78, 5) is 28.6. The van der Waals surface area contributed by atoms with E-state index in [-0.39, 0.29) is 12.0 Å². The summed E-state index contributed by atoms with van der Waals surface area (Å²) in [5, 5.41) is 4.29. The number of carbonyl (C=O) groups is 1. The van der Waals surface area contributed by atoms with Crippen molar-refractivity contribution >= 4 is 22.6 Å². The highest BCUT2D eigenvalue weighted by Gasteiger charge is 2.21. The molecule has 190 valence electrons. The van der Waals surface area contributed by atoms with Gasteiger partial charge in [0.1, 0.15) is 11.3 Å². The van der Waals surface area contributed by atoms with Gasteiger partial charge in [-0.15, -0.1) is 0 Å². The number of methoxy groups -OCH3 is 1. The molecule has 2 aliphatic heterocycles. The van der Waals surface area contributed by atoms with Crippen LogP contribution >= 0.6 is 0 Å². The average molecular weight is 493 g/mol. The molecular weight excluding hydrogens is 460 g/mol. The fourth-order valence-corrected chi connectivity index (χ4v) is 4.66. The van der Waals surface area contributed by atoms with Gasteiger partial charge in [0, 0.05) is 50.0 Å². The maximum absolute atomic E-state index is 12.9. The van der Waals surface area contributed by atoms with Gasteiger partial charge in [-0.1, -0.05) is 0 Å². The molecule has 0 aliphatic carbocycles. The van der Waals surface area contributed by atoms with Gasteiger partial charge >= 0.3 is 0 Å². The van der Waals surface area contributed by atoms with Gasteiger partial charge in [-0.2, -0.15) is 4.99 Å². The smallest absolute Gasteiger partial charge is 0.281 e. The van der Waals surface area contributed by atoms with Crippen LogP contribution in [0.25, 0.3) is 10.9 Å². The van der Waals surface area contributed by atoms with Crippen LogP contribution in [0.2, 0.25) is 0 Å². The maximum atomic E-state index is 12.9. The number of aryl methyl sites for hydroxylation is 1. The second kappa shape index (κ2) is 10.6. The number of morpholine rings is 1. The first kappa shape index (κ1) is 24.2. The van der Waals surface area contributed by atoms with Gasteiger partial charge in [0.05, 0.1) is 32.0 Å². The van der Waals surface area contributed by atoms with E-state index in [4.69, 9.17) is 19.2 Å². The molecule has 0 radical (unpaired) electrons. The second-order valence-electron chi connectivity index (χ2n) is 9.12. The minimum atomic E-state index is -0.389. The van der Waals surface area contributed by atoms with Crippen molar-refractivity contribution in [3.63, 3.8) is 0 Å². The molecule has 2 aromatic heterocycles. The number of rotatable bonds is 7. The molecule has 1 unspecified atom stereocenters. The fourth-order valence-electron chi connectivity index (χ4n) is 4.66. The Labute approximate surface area is 209 Å². The Kier molecular flexibility index (Phi) is 7.15. The lowest BCUT2D eigenvalue weighted by Crippen LogP contribution is -2.41. The number of hydrogen-bond acceptors (Lipinski definition) is 8. The van der Waals surface area contributed by atoms with Crippen LogP contribution in [0, 0.1) is 6.92 Å². The van der Waals surface area contributed by atoms with E-state index in [0.29, 0.717) is 41.3 Å². The summed E-state index contributed by atoms with van der Waals surface area (Å²) in [5.74, 6) is 1.63. The molecule has 2 aliphatic rings. The molecule has 1 amide bonds. The van der Waals surface area contributed by atoms with E-state index < -0.39 is 0 Å². The fraction of sp³-hybridized carbons (Fsp3) is 0.462. The Morgan fingerprint density at radius 1 is 1.28 bits per heavy atom. The van der Waals surface area contributed by atoms with Crippen molar-refractivity contribution in [2.45, 2.75) is 32.9 Å². The molecule has 36 heavy (non-hydrogen) atoms. The van der Waals surface area contributed by atoms with Gasteiger partial charge in [-0.05, 0) is 44.5 Å². The van der Waals surface area contributed by atoms with Gasteiger partial charge in [-0.3, -0.25) is 19.2 Å². The highest BCUT2D eigenvalue weighted by Crippen LogP contribution is 2.37. The Hall–Kier alpha value is -3.50. The standard InChI is InChI=1S/C26H32N6O4/c1-17-5-6-19(15-28-17)25(33)30-26-29-22-20(24-27-9-11-32(24)26)7-8-21(23(22)34-3)36-13-4-10-31-12-14-35-18(2)16-31/h5-8,15,18,27H,4,9-14,16H2,1-3H3. The maximum Gasteiger partial charge on any atom is 0.281 e. The molecule has 0 saturated carbocycles. The normalized spacial score (nSPS) is 18.2. The van der Waals surface area contributed by atoms with Crippen LogP contribution in [0.15, 0.2) is 35.5 Å². The van der Waals surface area contributed by atoms with Crippen LogP contribution in [0.5, 0.6) is 11.5 Å². The third kappa shape index (κ3) is 5.05. The van der Waals surface area contributed by atoms with Crippen LogP contribution < -0.4 is 20.4 Å². The molecule has 10 nitrogen and oxygen atoms in total. The van der Waals surface area contributed by atoms with E-state index in [0.717, 1.165) is 56.1 Å². The first-order valence-electron chi connectivity index (χ1n) is 12.4. The minimum absolute atomic E-state index is 0.272. The molecule has 4 heterocycles. The predicted octanol–water partition coefficient (Wildman–Crippen LogP) is 2.40. The summed E-state index contributed by atoms with van der Waals surface area (Å²) in [6.07, 6.45) is 2.70. The zero-order valence-corrected chi connectivity index (χ0v) is 21.0. The SMILES string of the molecule is COc1c(OCCCN2CCOC(C)C2)ccc2c3n(c(=NC(=O)c4ccc(C)nc4)nc12)CCN3. The lowest BCUT2D eigenvalue weighted by atomic mass is 10.2. The summed E-state index contributed by atoms with van der Waals surface area (Å²) in [6.45, 7) is 9.55. The largest absolute Gasteiger partial charge is 0.491 e. The summed E-state index contributed by atoms with van der Waals surface area (Å²) in [7, 11) is 1.60. The monoisotopic (exact) mass is 492 g/mol. The molecule has 0 bridgehead atoms. The summed E-state index contributed by atoms with van der Waals surface area (Å²) in [5.41, 5.74) is 2.18. The van der Waals surface area contributed by atoms with Crippen LogP contribution in [-0.2, 0) is 11.3 Å². The molecule has 1 fully saturated rings. The van der Waals surface area contributed by atoms with Crippen LogP contribution in [-0.4, -0.2) is 77.9 Å². The number of nitrogens with zero attached hydrogens (tertiary/aromatic N) is 5. The van der Waals surface area contributed by atoms with E-state index in [1.807, 2.05) is 23.6 Å². The summed E-state index contributed by atoms with van der Waals surface area (Å²) < 4.78 is 19.4. The molecule has 0 spiro atoms. The van der Waals surface area contributed by atoms with Gasteiger partial charge < -0.3 is 19.5 Å². The number of nitrogens with one attached hydrogen (secondary N) is 1. The molecule has 1 atom stereocenters. The van der Waals surface area contributed by atoms with E-state index in [9.17, 15) is 4.79 Å². The first-order valence-corrected chi connectivity index (χ1v) is 12.4. The Balaban J connectivity index is 1.42. The van der Waals surface area contributed by atoms with Crippen molar-refractivity contribution in [3.05, 3.63) is 47.3 Å². The van der Waals surface area contributed by atoms with Crippen LogP contribution in [0.1, 0.15) is 29.4 Å². The predicted molar refractivity (Wildman–Crippen MR) is 136 cm³/mol. The van der Waals surface area contributed by atoms with E-state index >= 15 is 0 Å². The number of anilines is 1. The highest BCUT2D eigenvalue weighted by molar-refractivity contribution is 5.96. The zero-order valence-electron chi connectivity index (χ0n) is 21.0. The summed E-state index contributed by atoms with van der Waals surface area (Å²) in [6, 6.07) is 7.41. The van der Waals surface area contributed by atoms with Crippen molar-refractivity contribution in [2.24, 2.45) is 4.99 Å². The number of hydrogen-bond donors (Lipinski definition) is 1. The molecule has 1 saturated heterocycles. The van der Waals surface area contributed by atoms with E-state index in [1.54, 1.807) is 19.2 Å². The van der Waals surface area contributed by atoms with Crippen LogP contribution in [0.3, 0.4) is 0 Å². The Morgan fingerprint density at radius 2 is 2.17 bits per heavy atom. The molecule has 5 rings (SSSR count). The summed E-state index contributed by atoms with van der Waals surface area (Å²) >= 11 is 0. The molecule has 1 aromatic carbocycles. The quantitative estimate of drug-likeness (QED) is 0.502. The number of fused-ring (bicyclic) bond motifs is 3. The van der Waals surface area contributed by atoms with Crippen molar-refractivity contribution in [3.8, 4) is 11.5 Å². The molecular formula is C26H32N6O4. The molecule has 10 heteroatoms. The lowest BCUT2D eigenvalue weighted by molar-refractivity contribution is -0.0193. The Morgan fingerprint density at radius 3 is 2.94 bits per heavy atom. The number of amides is 1. The second-order valence-corrected chi connectivity index (χ2v) is 9.12. The van der Waals surface area contributed by atoms with E-state index in [1.165, 1.54) is 6.20 Å². The van der Waals surface area contributed by atoms with Crippen LogP contribution in [0.4, 0.5) is 5.82 Å². The van der Waals surface area contributed by atoms with Crippen molar-refractivity contribution < 1.29 is 19.0 Å². The topological polar surface area (TPSA) is 103 Å². The third-order valence-electron chi connectivity index (χ3n) is 6.47. The number of ether oxygens (including phenoxy) is 3. The minimum Gasteiger partial charge on any atom is -0.491 e. The number of aromatic nitrogens is 3. The zero-order chi connectivity index (χ0) is 25.1. The van der Waals surface area contributed by atoms with Gasteiger partial charge in [0.25, 0.3) is 5.91 Å². The first-order chi connectivity index (χ1) is 17.5. The van der Waals surface area contributed by atoms with Crippen molar-refractivity contribution in [2.75, 3.05) is 51.8 Å². The van der Waals surface area contributed by atoms with Gasteiger partial charge in [0.2, 0.25) is 5.62 Å². The Bertz CT molecular complexity index is 1320. The van der Waals surface area contributed by atoms with E-state index in [2.05, 4.69) is 27.1 Å². The molecule has 1 N–H and O–H groups in total. The van der Waals surface area contributed by atoms with Gasteiger partial charge in [-0.25, -0.2) is 4.98 Å². The average Bonchev–Trinajstić information content (AvgIpc) is 3.37. The third-order valence-corrected chi connectivity index (χ3v) is 6.47. The molecule has 3 aromatic rings.